The van der Waals surface area contributed by atoms with Crippen LogP contribution in [0, 0.1) is 5.82 Å². The van der Waals surface area contributed by atoms with Gasteiger partial charge in [0.25, 0.3) is 0 Å². The number of carbonyl (C=O) groups excluding carboxylic acids is 2. The fourth-order valence-corrected chi connectivity index (χ4v) is 2.52. The summed E-state index contributed by atoms with van der Waals surface area (Å²) in [4.78, 5) is 26.2. The Morgan fingerprint density at radius 1 is 1.04 bits per heavy atom. The minimum Gasteiger partial charge on any atom is -0.361 e. The normalized spacial score (nSPS) is 10.6. The molecule has 0 saturated heterocycles. The summed E-state index contributed by atoms with van der Waals surface area (Å²) in [5, 5.41) is 6.14. The van der Waals surface area contributed by atoms with Gasteiger partial charge in [0.15, 0.2) is 0 Å². The number of hydrogen-bond donors (Lipinski definition) is 3. The summed E-state index contributed by atoms with van der Waals surface area (Å²) in [7, 11) is 0. The molecule has 0 aliphatic rings. The number of amides is 2. The first kappa shape index (κ1) is 15.7. The van der Waals surface area contributed by atoms with Gasteiger partial charge in [-0.15, -0.1) is 0 Å². The second-order valence-corrected chi connectivity index (χ2v) is 5.49. The van der Waals surface area contributed by atoms with E-state index in [0.717, 1.165) is 11.1 Å². The summed E-state index contributed by atoms with van der Waals surface area (Å²) in [6.07, 6.45) is 1.85. The van der Waals surface area contributed by atoms with E-state index in [0.29, 0.717) is 16.8 Å². The molecule has 0 aliphatic heterocycles. The Labute approximate surface area is 137 Å². The summed E-state index contributed by atoms with van der Waals surface area (Å²) in [6, 6.07) is 11.3. The van der Waals surface area contributed by atoms with Gasteiger partial charge in [0.2, 0.25) is 11.8 Å². The number of nitrogens with one attached hydrogen (secondary N) is 3. The maximum Gasteiger partial charge on any atom is 0.228 e. The maximum atomic E-state index is 13.4. The molecule has 3 N–H and O–H groups in total. The lowest BCUT2D eigenvalue weighted by Gasteiger charge is -2.07. The van der Waals surface area contributed by atoms with E-state index in [1.807, 2.05) is 0 Å². The number of H-pyrrole nitrogens is 1. The molecule has 1 aromatic heterocycles. The van der Waals surface area contributed by atoms with Crippen LogP contribution < -0.4 is 10.6 Å². The Hall–Kier alpha value is -3.15. The van der Waals surface area contributed by atoms with Gasteiger partial charge in [0.1, 0.15) is 5.82 Å². The van der Waals surface area contributed by atoms with Crippen molar-refractivity contribution in [3.05, 3.63) is 60.0 Å². The second-order valence-electron chi connectivity index (χ2n) is 5.49. The average Bonchev–Trinajstić information content (AvgIpc) is 2.91. The minimum atomic E-state index is -0.336. The van der Waals surface area contributed by atoms with Crippen molar-refractivity contribution in [2.75, 3.05) is 10.6 Å². The quantitative estimate of drug-likeness (QED) is 0.687. The molecular formula is C18H16FN3O2. The zero-order chi connectivity index (χ0) is 17.1. The van der Waals surface area contributed by atoms with Crippen molar-refractivity contribution in [2.45, 2.75) is 13.3 Å². The highest BCUT2D eigenvalue weighted by molar-refractivity contribution is 5.96. The van der Waals surface area contributed by atoms with Crippen molar-refractivity contribution in [3.63, 3.8) is 0 Å². The third-order valence-electron chi connectivity index (χ3n) is 3.57. The molecule has 2 aromatic carbocycles. The van der Waals surface area contributed by atoms with E-state index in [-0.39, 0.29) is 24.1 Å². The van der Waals surface area contributed by atoms with Gasteiger partial charge in [-0.2, -0.15) is 0 Å². The van der Waals surface area contributed by atoms with Crippen molar-refractivity contribution in [3.8, 4) is 0 Å². The van der Waals surface area contributed by atoms with Crippen molar-refractivity contribution in [2.24, 2.45) is 0 Å². The Bertz CT molecular complexity index is 900. The molecule has 0 aliphatic carbocycles. The molecule has 122 valence electrons. The molecular weight excluding hydrogens is 309 g/mol. The Morgan fingerprint density at radius 3 is 2.38 bits per heavy atom. The molecule has 0 bridgehead atoms. The van der Waals surface area contributed by atoms with E-state index >= 15 is 0 Å². The number of halogens is 1. The van der Waals surface area contributed by atoms with Gasteiger partial charge in [-0.1, -0.05) is 0 Å². The molecule has 1 heterocycles. The van der Waals surface area contributed by atoms with E-state index < -0.39 is 0 Å². The molecule has 0 fully saturated rings. The summed E-state index contributed by atoms with van der Waals surface area (Å²) in [5.74, 6) is -0.692. The van der Waals surface area contributed by atoms with Gasteiger partial charge in [-0.25, -0.2) is 4.39 Å². The Kier molecular flexibility index (Phi) is 4.29. The van der Waals surface area contributed by atoms with Crippen LogP contribution in [0.25, 0.3) is 10.9 Å². The van der Waals surface area contributed by atoms with Crippen LogP contribution in [-0.4, -0.2) is 16.8 Å². The highest BCUT2D eigenvalue weighted by Crippen LogP contribution is 2.20. The number of carbonyl (C=O) groups is 2. The number of hydrogen-bond acceptors (Lipinski definition) is 2. The summed E-state index contributed by atoms with van der Waals surface area (Å²) in [6.45, 7) is 1.43. The molecule has 0 spiro atoms. The lowest BCUT2D eigenvalue weighted by Crippen LogP contribution is -2.14. The van der Waals surface area contributed by atoms with Gasteiger partial charge in [0, 0.05) is 35.4 Å². The number of fused-ring (bicyclic) bond motifs is 1. The van der Waals surface area contributed by atoms with Crippen LogP contribution in [0.4, 0.5) is 15.8 Å². The lowest BCUT2D eigenvalue weighted by atomic mass is 10.1. The van der Waals surface area contributed by atoms with Crippen LogP contribution in [0.1, 0.15) is 12.5 Å². The Morgan fingerprint density at radius 2 is 1.71 bits per heavy atom. The zero-order valence-corrected chi connectivity index (χ0v) is 13.0. The molecule has 0 saturated carbocycles. The number of rotatable bonds is 4. The number of anilines is 2. The first-order chi connectivity index (χ1) is 11.5. The van der Waals surface area contributed by atoms with E-state index in [1.165, 1.54) is 19.1 Å². The summed E-state index contributed by atoms with van der Waals surface area (Å²) in [5.41, 5.74) is 2.81. The van der Waals surface area contributed by atoms with Crippen LogP contribution in [0.15, 0.2) is 48.7 Å². The van der Waals surface area contributed by atoms with Crippen LogP contribution >= 0.6 is 0 Å². The third-order valence-corrected chi connectivity index (χ3v) is 3.57. The van der Waals surface area contributed by atoms with Gasteiger partial charge < -0.3 is 15.6 Å². The smallest absolute Gasteiger partial charge is 0.228 e. The molecule has 6 heteroatoms. The van der Waals surface area contributed by atoms with E-state index in [4.69, 9.17) is 0 Å². The lowest BCUT2D eigenvalue weighted by molar-refractivity contribution is -0.116. The molecule has 5 nitrogen and oxygen atoms in total. The largest absolute Gasteiger partial charge is 0.361 e. The predicted molar refractivity (Wildman–Crippen MR) is 91.3 cm³/mol. The molecule has 24 heavy (non-hydrogen) atoms. The SMILES string of the molecule is CC(=O)Nc1ccc(NC(=O)Cc2c[nH]c3ccc(F)cc23)cc1. The van der Waals surface area contributed by atoms with Crippen LogP contribution in [0.5, 0.6) is 0 Å². The molecule has 0 radical (unpaired) electrons. The van der Waals surface area contributed by atoms with Crippen molar-refractivity contribution in [1.82, 2.24) is 4.98 Å². The zero-order valence-electron chi connectivity index (χ0n) is 13.0. The van der Waals surface area contributed by atoms with Crippen molar-refractivity contribution < 1.29 is 14.0 Å². The van der Waals surface area contributed by atoms with Gasteiger partial charge in [-0.3, -0.25) is 9.59 Å². The molecule has 3 rings (SSSR count). The predicted octanol–water partition coefficient (Wildman–Crippen LogP) is 3.45. The number of aromatic nitrogens is 1. The van der Waals surface area contributed by atoms with E-state index in [9.17, 15) is 14.0 Å². The highest BCUT2D eigenvalue weighted by atomic mass is 19.1. The van der Waals surface area contributed by atoms with Crippen molar-refractivity contribution >= 4 is 34.1 Å². The topological polar surface area (TPSA) is 74.0 Å². The minimum absolute atomic E-state index is 0.136. The summed E-state index contributed by atoms with van der Waals surface area (Å²) < 4.78 is 13.4. The first-order valence-corrected chi connectivity index (χ1v) is 7.44. The Balaban J connectivity index is 1.68. The second kappa shape index (κ2) is 6.54. The number of benzene rings is 2. The monoisotopic (exact) mass is 325 g/mol. The van der Waals surface area contributed by atoms with Crippen molar-refractivity contribution in [1.29, 1.82) is 0 Å². The molecule has 0 atom stereocenters. The molecule has 0 unspecified atom stereocenters. The molecule has 2 amide bonds. The average molecular weight is 325 g/mol. The van der Waals surface area contributed by atoms with Gasteiger partial charge in [-0.05, 0) is 48.0 Å². The first-order valence-electron chi connectivity index (χ1n) is 7.44. The maximum absolute atomic E-state index is 13.4. The fourth-order valence-electron chi connectivity index (χ4n) is 2.52. The third kappa shape index (κ3) is 3.60. The van der Waals surface area contributed by atoms with Gasteiger partial charge >= 0.3 is 0 Å². The van der Waals surface area contributed by atoms with E-state index in [1.54, 1.807) is 36.5 Å². The van der Waals surface area contributed by atoms with Crippen LogP contribution in [0.2, 0.25) is 0 Å². The summed E-state index contributed by atoms with van der Waals surface area (Å²) >= 11 is 0. The van der Waals surface area contributed by atoms with E-state index in [2.05, 4.69) is 15.6 Å². The van der Waals surface area contributed by atoms with Crippen LogP contribution in [0.3, 0.4) is 0 Å². The standard InChI is InChI=1S/C18H16FN3O2/c1-11(23)21-14-3-5-15(6-4-14)22-18(24)8-12-10-20-17-7-2-13(19)9-16(12)17/h2-7,9-10,20H,8H2,1H3,(H,21,23)(H,22,24). The fraction of sp³-hybridized carbons (Fsp3) is 0.111. The van der Waals surface area contributed by atoms with Crippen LogP contribution in [-0.2, 0) is 16.0 Å². The number of aromatic amines is 1. The molecule has 3 aromatic rings. The van der Waals surface area contributed by atoms with Gasteiger partial charge in [0.05, 0.1) is 6.42 Å². The highest BCUT2D eigenvalue weighted by Gasteiger charge is 2.10.